The number of piperazine rings is 1. The highest BCUT2D eigenvalue weighted by atomic mass is 16.7. The lowest BCUT2D eigenvalue weighted by atomic mass is 9.94. The van der Waals surface area contributed by atoms with Gasteiger partial charge in [-0.1, -0.05) is 18.2 Å². The Kier molecular flexibility index (Phi) is 3.61. The number of benzene rings is 2. The van der Waals surface area contributed by atoms with Crippen LogP contribution >= 0.6 is 0 Å². The van der Waals surface area contributed by atoms with Crippen molar-refractivity contribution in [3.05, 3.63) is 59.3 Å². The quantitative estimate of drug-likeness (QED) is 0.665. The summed E-state index contributed by atoms with van der Waals surface area (Å²) in [7, 11) is 0. The van der Waals surface area contributed by atoms with Gasteiger partial charge in [0.25, 0.3) is 5.91 Å². The Bertz CT molecular complexity index is 1230. The summed E-state index contributed by atoms with van der Waals surface area (Å²) in [5.74, 6) is 1.06. The number of para-hydroxylation sites is 1. The maximum Gasteiger partial charge on any atom is 0.266 e. The minimum Gasteiger partial charge on any atom is -0.454 e. The van der Waals surface area contributed by atoms with Crippen molar-refractivity contribution in [1.82, 2.24) is 14.9 Å². The van der Waals surface area contributed by atoms with Gasteiger partial charge in [-0.05, 0) is 35.4 Å². The fourth-order valence-electron chi connectivity index (χ4n) is 4.39. The van der Waals surface area contributed by atoms with Gasteiger partial charge < -0.3 is 19.4 Å². The zero-order valence-corrected chi connectivity index (χ0v) is 16.0. The molecule has 30 heavy (non-hydrogen) atoms. The standard InChI is InChI=1S/C22H18N4O4/c27-21-11-26(23-9-13-5-6-19-20(7-13)30-12-29-19)22(28)18-8-15-14-3-1-2-4-16(14)24-17(15)10-25(18)21/h1-7,9,18,24H,8,10-12H2/t18-/m0/s1. The molecule has 8 nitrogen and oxygen atoms in total. The number of hydrazone groups is 1. The monoisotopic (exact) mass is 402 g/mol. The van der Waals surface area contributed by atoms with Crippen molar-refractivity contribution in [3.8, 4) is 11.5 Å². The molecule has 0 radical (unpaired) electrons. The lowest BCUT2D eigenvalue weighted by molar-refractivity contribution is -0.157. The number of nitrogens with zero attached hydrogens (tertiary/aromatic N) is 3. The highest BCUT2D eigenvalue weighted by Crippen LogP contribution is 2.33. The van der Waals surface area contributed by atoms with Gasteiger partial charge in [0, 0.05) is 23.0 Å². The second-order valence-electron chi connectivity index (χ2n) is 7.62. The molecule has 0 aliphatic carbocycles. The molecule has 1 N–H and O–H groups in total. The number of H-pyrrole nitrogens is 1. The van der Waals surface area contributed by atoms with Crippen LogP contribution in [0.3, 0.4) is 0 Å². The van der Waals surface area contributed by atoms with Crippen molar-refractivity contribution in [1.29, 1.82) is 0 Å². The molecule has 1 fully saturated rings. The summed E-state index contributed by atoms with van der Waals surface area (Å²) in [5, 5.41) is 6.69. The van der Waals surface area contributed by atoms with Gasteiger partial charge in [0.15, 0.2) is 11.5 Å². The zero-order chi connectivity index (χ0) is 20.2. The maximum atomic E-state index is 13.1. The molecule has 2 aromatic carbocycles. The summed E-state index contributed by atoms with van der Waals surface area (Å²) in [6, 6.07) is 12.9. The van der Waals surface area contributed by atoms with E-state index in [1.165, 1.54) is 5.01 Å². The number of fused-ring (bicyclic) bond motifs is 5. The van der Waals surface area contributed by atoms with E-state index < -0.39 is 6.04 Å². The molecule has 3 aliphatic rings. The predicted octanol–water partition coefficient (Wildman–Crippen LogP) is 2.03. The van der Waals surface area contributed by atoms with Crippen LogP contribution in [-0.4, -0.2) is 52.3 Å². The second-order valence-corrected chi connectivity index (χ2v) is 7.62. The zero-order valence-electron chi connectivity index (χ0n) is 16.0. The van der Waals surface area contributed by atoms with Crippen LogP contribution in [0.4, 0.5) is 0 Å². The molecule has 2 amide bonds. The topological polar surface area (TPSA) is 87.2 Å². The molecule has 3 aliphatic heterocycles. The number of aromatic amines is 1. The third kappa shape index (κ3) is 2.57. The van der Waals surface area contributed by atoms with Crippen LogP contribution < -0.4 is 9.47 Å². The molecular weight excluding hydrogens is 384 g/mol. The van der Waals surface area contributed by atoms with Crippen molar-refractivity contribution in [3.63, 3.8) is 0 Å². The molecule has 1 aromatic heterocycles. The highest BCUT2D eigenvalue weighted by molar-refractivity contribution is 5.97. The van der Waals surface area contributed by atoms with E-state index in [0.717, 1.165) is 27.7 Å². The molecule has 8 heteroatoms. The van der Waals surface area contributed by atoms with E-state index in [9.17, 15) is 9.59 Å². The van der Waals surface area contributed by atoms with E-state index in [1.54, 1.807) is 23.2 Å². The normalized spacial score (nSPS) is 20.2. The third-order valence-corrected chi connectivity index (χ3v) is 5.89. The Labute approximate surface area is 171 Å². The van der Waals surface area contributed by atoms with Crippen LogP contribution in [0.15, 0.2) is 47.6 Å². The highest BCUT2D eigenvalue weighted by Gasteiger charge is 2.43. The van der Waals surface area contributed by atoms with Crippen LogP contribution in [0.25, 0.3) is 10.9 Å². The number of hydrogen-bond acceptors (Lipinski definition) is 5. The average molecular weight is 402 g/mol. The maximum absolute atomic E-state index is 13.1. The number of hydrogen-bond donors (Lipinski definition) is 1. The number of rotatable bonds is 2. The van der Waals surface area contributed by atoms with Gasteiger partial charge in [0.05, 0.1) is 12.8 Å². The average Bonchev–Trinajstić information content (AvgIpc) is 3.37. The molecule has 150 valence electrons. The van der Waals surface area contributed by atoms with Gasteiger partial charge in [-0.15, -0.1) is 0 Å². The SMILES string of the molecule is O=C1[C@@H]2Cc3c([nH]c4ccccc34)CN2C(=O)CN1N=Cc1ccc2c(c1)OCO2. The van der Waals surface area contributed by atoms with Crippen molar-refractivity contribution in [2.24, 2.45) is 5.10 Å². The van der Waals surface area contributed by atoms with Crippen LogP contribution in [0.1, 0.15) is 16.8 Å². The molecule has 0 saturated carbocycles. The van der Waals surface area contributed by atoms with E-state index in [-0.39, 0.29) is 25.2 Å². The summed E-state index contributed by atoms with van der Waals surface area (Å²) >= 11 is 0. The Hall–Kier alpha value is -3.81. The molecule has 0 bridgehead atoms. The first-order chi connectivity index (χ1) is 14.7. The van der Waals surface area contributed by atoms with Crippen molar-refractivity contribution in [2.45, 2.75) is 19.0 Å². The van der Waals surface area contributed by atoms with Crippen molar-refractivity contribution < 1.29 is 19.1 Å². The van der Waals surface area contributed by atoms with Crippen LogP contribution in [-0.2, 0) is 22.6 Å². The second kappa shape index (κ2) is 6.35. The van der Waals surface area contributed by atoms with Crippen LogP contribution in [0.5, 0.6) is 11.5 Å². The Morgan fingerprint density at radius 3 is 2.87 bits per heavy atom. The number of aromatic nitrogens is 1. The van der Waals surface area contributed by atoms with E-state index in [2.05, 4.69) is 10.1 Å². The number of nitrogens with one attached hydrogen (secondary N) is 1. The van der Waals surface area contributed by atoms with E-state index in [1.807, 2.05) is 30.3 Å². The largest absolute Gasteiger partial charge is 0.454 e. The molecule has 1 saturated heterocycles. The lowest BCUT2D eigenvalue weighted by Gasteiger charge is -2.40. The van der Waals surface area contributed by atoms with E-state index in [4.69, 9.17) is 9.47 Å². The molecule has 0 unspecified atom stereocenters. The summed E-state index contributed by atoms with van der Waals surface area (Å²) in [6.07, 6.45) is 2.06. The van der Waals surface area contributed by atoms with Gasteiger partial charge in [-0.2, -0.15) is 5.10 Å². The molecule has 4 heterocycles. The number of ether oxygens (including phenoxy) is 2. The van der Waals surface area contributed by atoms with Crippen molar-refractivity contribution >= 4 is 28.9 Å². The van der Waals surface area contributed by atoms with Gasteiger partial charge in [0.2, 0.25) is 12.7 Å². The number of carbonyl (C=O) groups is 2. The fraction of sp³-hybridized carbons (Fsp3) is 0.227. The summed E-state index contributed by atoms with van der Waals surface area (Å²) < 4.78 is 10.7. The summed E-state index contributed by atoms with van der Waals surface area (Å²) in [4.78, 5) is 31.0. The predicted molar refractivity (Wildman–Crippen MR) is 108 cm³/mol. The number of carbonyl (C=O) groups excluding carboxylic acids is 2. The summed E-state index contributed by atoms with van der Waals surface area (Å²) in [5.41, 5.74) is 3.91. The minimum absolute atomic E-state index is 0.0635. The Morgan fingerprint density at radius 2 is 1.93 bits per heavy atom. The Balaban J connectivity index is 1.28. The number of amides is 2. The minimum atomic E-state index is -0.535. The smallest absolute Gasteiger partial charge is 0.266 e. The first-order valence-corrected chi connectivity index (χ1v) is 9.80. The molecule has 3 aromatic rings. The molecule has 0 spiro atoms. The van der Waals surface area contributed by atoms with Gasteiger partial charge in [0.1, 0.15) is 12.6 Å². The third-order valence-electron chi connectivity index (χ3n) is 5.89. The first kappa shape index (κ1) is 17.1. The molecular formula is C22H18N4O4. The lowest BCUT2D eigenvalue weighted by Crippen LogP contribution is -2.60. The van der Waals surface area contributed by atoms with Gasteiger partial charge in [-0.3, -0.25) is 9.59 Å². The van der Waals surface area contributed by atoms with Crippen molar-refractivity contribution in [2.75, 3.05) is 13.3 Å². The van der Waals surface area contributed by atoms with E-state index >= 15 is 0 Å². The summed E-state index contributed by atoms with van der Waals surface area (Å²) in [6.45, 7) is 0.549. The Morgan fingerprint density at radius 1 is 1.07 bits per heavy atom. The molecule has 1 atom stereocenters. The van der Waals surface area contributed by atoms with Crippen LogP contribution in [0.2, 0.25) is 0 Å². The van der Waals surface area contributed by atoms with E-state index in [0.29, 0.717) is 24.5 Å². The first-order valence-electron chi connectivity index (χ1n) is 9.80. The van der Waals surface area contributed by atoms with Gasteiger partial charge >= 0.3 is 0 Å². The van der Waals surface area contributed by atoms with Crippen LogP contribution in [0, 0.1) is 0 Å². The molecule has 6 rings (SSSR count). The fourth-order valence-corrected chi connectivity index (χ4v) is 4.39. The van der Waals surface area contributed by atoms with Gasteiger partial charge in [-0.25, -0.2) is 5.01 Å².